The van der Waals surface area contributed by atoms with Crippen LogP contribution >= 0.6 is 0 Å². The Bertz CT molecular complexity index is 807. The number of rotatable bonds is 3. The summed E-state index contributed by atoms with van der Waals surface area (Å²) in [5, 5.41) is 0. The van der Waals surface area contributed by atoms with Crippen LogP contribution in [-0.4, -0.2) is 24.5 Å². The number of para-hydroxylation sites is 1. The molecule has 24 heavy (non-hydrogen) atoms. The Hall–Kier alpha value is -2.76. The Balaban J connectivity index is 1.72. The molecule has 1 heterocycles. The van der Waals surface area contributed by atoms with Crippen LogP contribution < -0.4 is 4.90 Å². The van der Waals surface area contributed by atoms with E-state index >= 15 is 0 Å². The van der Waals surface area contributed by atoms with Gasteiger partial charge in [-0.05, 0) is 37.1 Å². The molecule has 1 unspecified atom stereocenters. The number of carbonyl (C=O) groups excluding carboxylic acids is 2. The zero-order chi connectivity index (χ0) is 17.3. The second kappa shape index (κ2) is 6.39. The van der Waals surface area contributed by atoms with E-state index in [-0.39, 0.29) is 5.91 Å². The number of nitrogens with zero attached hydrogens (tertiary/aromatic N) is 1. The van der Waals surface area contributed by atoms with Gasteiger partial charge in [0.05, 0.1) is 5.56 Å². The molecule has 1 amide bonds. The minimum Gasteiger partial charge on any atom is -0.449 e. The van der Waals surface area contributed by atoms with Crippen molar-refractivity contribution in [1.29, 1.82) is 0 Å². The van der Waals surface area contributed by atoms with E-state index in [9.17, 15) is 18.4 Å². The minimum absolute atomic E-state index is 0.379. The van der Waals surface area contributed by atoms with Crippen molar-refractivity contribution >= 4 is 17.6 Å². The average molecular weight is 331 g/mol. The molecule has 0 N–H and O–H groups in total. The van der Waals surface area contributed by atoms with Crippen molar-refractivity contribution in [2.75, 3.05) is 11.4 Å². The molecule has 2 aromatic rings. The fourth-order valence-corrected chi connectivity index (χ4v) is 2.72. The number of ether oxygens (including phenoxy) is 1. The zero-order valence-electron chi connectivity index (χ0n) is 13.0. The number of hydrogen-bond acceptors (Lipinski definition) is 3. The Morgan fingerprint density at radius 2 is 1.92 bits per heavy atom. The van der Waals surface area contributed by atoms with E-state index < -0.39 is 29.3 Å². The molecule has 1 aliphatic rings. The molecule has 6 heteroatoms. The monoisotopic (exact) mass is 331 g/mol. The molecular formula is C18H15F2NO3. The summed E-state index contributed by atoms with van der Waals surface area (Å²) in [4.78, 5) is 26.1. The van der Waals surface area contributed by atoms with E-state index in [1.807, 2.05) is 24.3 Å². The number of fused-ring (bicyclic) bond motifs is 1. The highest BCUT2D eigenvalue weighted by atomic mass is 19.1. The summed E-state index contributed by atoms with van der Waals surface area (Å²) in [6, 6.07) is 10.0. The summed E-state index contributed by atoms with van der Waals surface area (Å²) < 4.78 is 31.6. The van der Waals surface area contributed by atoms with Gasteiger partial charge in [0.25, 0.3) is 5.91 Å². The van der Waals surface area contributed by atoms with Crippen LogP contribution in [0.3, 0.4) is 0 Å². The highest BCUT2D eigenvalue weighted by Gasteiger charge is 2.30. The second-order valence-corrected chi connectivity index (χ2v) is 5.54. The van der Waals surface area contributed by atoms with Gasteiger partial charge in [-0.25, -0.2) is 13.6 Å². The Morgan fingerprint density at radius 1 is 1.17 bits per heavy atom. The van der Waals surface area contributed by atoms with Crippen molar-refractivity contribution in [3.8, 4) is 0 Å². The van der Waals surface area contributed by atoms with Crippen molar-refractivity contribution in [2.45, 2.75) is 19.4 Å². The normalized spacial score (nSPS) is 14.2. The van der Waals surface area contributed by atoms with Gasteiger partial charge in [0.1, 0.15) is 11.6 Å². The van der Waals surface area contributed by atoms with Gasteiger partial charge in [0.2, 0.25) is 0 Å². The maximum Gasteiger partial charge on any atom is 0.341 e. The van der Waals surface area contributed by atoms with E-state index in [0.717, 1.165) is 29.8 Å². The Labute approximate surface area is 137 Å². The lowest BCUT2D eigenvalue weighted by Crippen LogP contribution is -2.39. The van der Waals surface area contributed by atoms with Crippen LogP contribution in [0.1, 0.15) is 22.8 Å². The summed E-state index contributed by atoms with van der Waals surface area (Å²) in [6.07, 6.45) is -0.345. The fraction of sp³-hybridized carbons (Fsp3) is 0.222. The summed E-state index contributed by atoms with van der Waals surface area (Å²) in [5.41, 5.74) is 1.44. The van der Waals surface area contributed by atoms with Crippen molar-refractivity contribution < 1.29 is 23.1 Å². The standard InChI is InChI=1S/C18H15F2NO3/c1-11(24-18(23)14-7-6-13(19)10-15(14)20)17(22)21-9-8-12-4-2-3-5-16(12)21/h2-7,10-11H,8-9H2,1H3. The lowest BCUT2D eigenvalue weighted by atomic mass is 10.2. The molecule has 0 fully saturated rings. The first-order valence-electron chi connectivity index (χ1n) is 7.52. The third kappa shape index (κ3) is 2.99. The van der Waals surface area contributed by atoms with Gasteiger partial charge >= 0.3 is 5.97 Å². The molecule has 0 saturated carbocycles. The highest BCUT2D eigenvalue weighted by Crippen LogP contribution is 2.28. The lowest BCUT2D eigenvalue weighted by molar-refractivity contribution is -0.126. The van der Waals surface area contributed by atoms with Gasteiger partial charge in [0, 0.05) is 18.3 Å². The smallest absolute Gasteiger partial charge is 0.341 e. The SMILES string of the molecule is CC(OC(=O)c1ccc(F)cc1F)C(=O)N1CCc2ccccc21. The van der Waals surface area contributed by atoms with E-state index in [1.54, 1.807) is 4.90 Å². The largest absolute Gasteiger partial charge is 0.449 e. The lowest BCUT2D eigenvalue weighted by Gasteiger charge is -2.21. The Kier molecular flexibility index (Phi) is 4.29. The van der Waals surface area contributed by atoms with Crippen LogP contribution in [0, 0.1) is 11.6 Å². The maximum atomic E-state index is 13.6. The summed E-state index contributed by atoms with van der Waals surface area (Å²) >= 11 is 0. The number of esters is 1. The van der Waals surface area contributed by atoms with Crippen LogP contribution in [0.15, 0.2) is 42.5 Å². The molecule has 0 radical (unpaired) electrons. The molecule has 2 aromatic carbocycles. The number of carbonyl (C=O) groups is 2. The topological polar surface area (TPSA) is 46.6 Å². The van der Waals surface area contributed by atoms with Crippen LogP contribution in [0.2, 0.25) is 0 Å². The fourth-order valence-electron chi connectivity index (χ4n) is 2.72. The molecule has 0 aromatic heterocycles. The van der Waals surface area contributed by atoms with Crippen LogP contribution in [0.4, 0.5) is 14.5 Å². The molecule has 0 aliphatic carbocycles. The third-order valence-electron chi connectivity index (χ3n) is 3.94. The van der Waals surface area contributed by atoms with E-state index in [4.69, 9.17) is 4.74 Å². The van der Waals surface area contributed by atoms with Gasteiger partial charge in [0.15, 0.2) is 6.10 Å². The van der Waals surface area contributed by atoms with E-state index in [1.165, 1.54) is 6.92 Å². The predicted molar refractivity (Wildman–Crippen MR) is 83.7 cm³/mol. The van der Waals surface area contributed by atoms with Crippen LogP contribution in [0.5, 0.6) is 0 Å². The molecular weight excluding hydrogens is 316 g/mol. The molecule has 0 saturated heterocycles. The van der Waals surface area contributed by atoms with Gasteiger partial charge in [-0.15, -0.1) is 0 Å². The Morgan fingerprint density at radius 3 is 2.67 bits per heavy atom. The number of benzene rings is 2. The van der Waals surface area contributed by atoms with Crippen molar-refractivity contribution in [1.82, 2.24) is 0 Å². The molecule has 3 rings (SSSR count). The maximum absolute atomic E-state index is 13.6. The van der Waals surface area contributed by atoms with Crippen LogP contribution in [-0.2, 0) is 16.0 Å². The van der Waals surface area contributed by atoms with E-state index in [2.05, 4.69) is 0 Å². The molecule has 0 bridgehead atoms. The van der Waals surface area contributed by atoms with Gasteiger partial charge in [-0.3, -0.25) is 4.79 Å². The molecule has 124 valence electrons. The predicted octanol–water partition coefficient (Wildman–Crippen LogP) is 3.10. The van der Waals surface area contributed by atoms with Crippen molar-refractivity contribution in [3.63, 3.8) is 0 Å². The molecule has 0 spiro atoms. The average Bonchev–Trinajstić information content (AvgIpc) is 2.97. The number of hydrogen-bond donors (Lipinski definition) is 0. The molecule has 1 aliphatic heterocycles. The van der Waals surface area contributed by atoms with Crippen molar-refractivity contribution in [3.05, 3.63) is 65.2 Å². The highest BCUT2D eigenvalue weighted by molar-refractivity contribution is 6.00. The minimum atomic E-state index is -1.08. The molecule has 1 atom stereocenters. The quantitative estimate of drug-likeness (QED) is 0.812. The summed E-state index contributed by atoms with van der Waals surface area (Å²) in [5.74, 6) is -3.19. The zero-order valence-corrected chi connectivity index (χ0v) is 13.0. The van der Waals surface area contributed by atoms with E-state index in [0.29, 0.717) is 12.6 Å². The van der Waals surface area contributed by atoms with Crippen LogP contribution in [0.25, 0.3) is 0 Å². The van der Waals surface area contributed by atoms with Crippen molar-refractivity contribution in [2.24, 2.45) is 0 Å². The first kappa shape index (κ1) is 16.1. The number of amides is 1. The summed E-state index contributed by atoms with van der Waals surface area (Å²) in [7, 11) is 0. The summed E-state index contributed by atoms with van der Waals surface area (Å²) in [6.45, 7) is 1.94. The number of halogens is 2. The molecule has 4 nitrogen and oxygen atoms in total. The van der Waals surface area contributed by atoms with Gasteiger partial charge in [-0.1, -0.05) is 18.2 Å². The van der Waals surface area contributed by atoms with Gasteiger partial charge in [-0.2, -0.15) is 0 Å². The first-order chi connectivity index (χ1) is 11.5. The van der Waals surface area contributed by atoms with Gasteiger partial charge < -0.3 is 9.64 Å². The third-order valence-corrected chi connectivity index (χ3v) is 3.94. The first-order valence-corrected chi connectivity index (χ1v) is 7.52. The number of anilines is 1. The second-order valence-electron chi connectivity index (χ2n) is 5.54.